The maximum absolute atomic E-state index is 12.9. The van der Waals surface area contributed by atoms with E-state index in [0.29, 0.717) is 12.5 Å². The summed E-state index contributed by atoms with van der Waals surface area (Å²) in [5.74, 6) is 1.82. The number of nitrogens with zero attached hydrogens (tertiary/aromatic N) is 2. The molecular formula is C19H28N4O. The van der Waals surface area contributed by atoms with Crippen molar-refractivity contribution in [3.63, 3.8) is 0 Å². The van der Waals surface area contributed by atoms with Gasteiger partial charge < -0.3 is 15.5 Å². The van der Waals surface area contributed by atoms with Gasteiger partial charge in [0.25, 0.3) is 0 Å². The van der Waals surface area contributed by atoms with Crippen molar-refractivity contribution in [1.82, 2.24) is 15.6 Å². The summed E-state index contributed by atoms with van der Waals surface area (Å²) in [5, 5.41) is 6.68. The number of rotatable bonds is 4. The maximum Gasteiger partial charge on any atom is 0.228 e. The van der Waals surface area contributed by atoms with Crippen molar-refractivity contribution in [2.45, 2.75) is 45.1 Å². The Kier molecular flexibility index (Phi) is 4.44. The van der Waals surface area contributed by atoms with E-state index in [9.17, 15) is 4.79 Å². The van der Waals surface area contributed by atoms with Gasteiger partial charge in [0.1, 0.15) is 5.82 Å². The second-order valence-corrected chi connectivity index (χ2v) is 7.63. The van der Waals surface area contributed by atoms with Crippen LogP contribution in [0.4, 0.5) is 5.82 Å². The monoisotopic (exact) mass is 328 g/mol. The van der Waals surface area contributed by atoms with Gasteiger partial charge in [-0.3, -0.25) is 4.79 Å². The molecule has 0 radical (unpaired) electrons. The number of hydrogen-bond donors (Lipinski definition) is 2. The van der Waals surface area contributed by atoms with E-state index in [1.807, 2.05) is 12.3 Å². The number of aromatic nitrogens is 1. The lowest BCUT2D eigenvalue weighted by Crippen LogP contribution is -2.47. The number of nitrogens with one attached hydrogen (secondary N) is 2. The number of anilines is 1. The van der Waals surface area contributed by atoms with E-state index >= 15 is 0 Å². The molecule has 3 heterocycles. The highest BCUT2D eigenvalue weighted by Gasteiger charge is 2.49. The highest BCUT2D eigenvalue weighted by molar-refractivity contribution is 5.83. The largest absolute Gasteiger partial charge is 0.357 e. The second-order valence-electron chi connectivity index (χ2n) is 7.63. The second kappa shape index (κ2) is 6.71. The summed E-state index contributed by atoms with van der Waals surface area (Å²) < 4.78 is 0. The summed E-state index contributed by atoms with van der Waals surface area (Å²) in [6.07, 6.45) is 9.04. The van der Waals surface area contributed by atoms with E-state index in [0.717, 1.165) is 44.0 Å². The smallest absolute Gasteiger partial charge is 0.228 e. The predicted molar refractivity (Wildman–Crippen MR) is 94.8 cm³/mol. The zero-order valence-corrected chi connectivity index (χ0v) is 14.4. The average Bonchev–Trinajstić information content (AvgIpc) is 3.29. The highest BCUT2D eigenvalue weighted by atomic mass is 16.2. The molecule has 2 atom stereocenters. The Bertz CT molecular complexity index is 599. The fourth-order valence-corrected chi connectivity index (χ4v) is 4.74. The Morgan fingerprint density at radius 1 is 1.33 bits per heavy atom. The van der Waals surface area contributed by atoms with Crippen LogP contribution in [0.5, 0.6) is 0 Å². The summed E-state index contributed by atoms with van der Waals surface area (Å²) in [4.78, 5) is 19.8. The molecule has 5 nitrogen and oxygen atoms in total. The lowest BCUT2D eigenvalue weighted by molar-refractivity contribution is -0.134. The van der Waals surface area contributed by atoms with Gasteiger partial charge >= 0.3 is 0 Å². The van der Waals surface area contributed by atoms with Crippen LogP contribution in [0.1, 0.15) is 44.1 Å². The molecule has 1 aromatic rings. The zero-order valence-electron chi connectivity index (χ0n) is 14.4. The zero-order chi connectivity index (χ0) is 16.4. The molecule has 1 aromatic heterocycles. The van der Waals surface area contributed by atoms with Gasteiger partial charge in [0.15, 0.2) is 0 Å². The van der Waals surface area contributed by atoms with Crippen molar-refractivity contribution in [2.24, 2.45) is 11.3 Å². The first kappa shape index (κ1) is 15.9. The van der Waals surface area contributed by atoms with E-state index in [4.69, 9.17) is 0 Å². The molecule has 0 unspecified atom stereocenters. The Morgan fingerprint density at radius 2 is 2.21 bits per heavy atom. The van der Waals surface area contributed by atoms with Gasteiger partial charge in [-0.25, -0.2) is 4.98 Å². The lowest BCUT2D eigenvalue weighted by Gasteiger charge is -2.37. The molecule has 2 saturated heterocycles. The molecule has 5 heteroatoms. The van der Waals surface area contributed by atoms with Crippen molar-refractivity contribution < 1.29 is 4.79 Å². The summed E-state index contributed by atoms with van der Waals surface area (Å²) >= 11 is 0. The fraction of sp³-hybridized carbons (Fsp3) is 0.684. The van der Waals surface area contributed by atoms with Crippen LogP contribution in [0.25, 0.3) is 0 Å². The van der Waals surface area contributed by atoms with Crippen LogP contribution in [0.15, 0.2) is 18.3 Å². The highest BCUT2D eigenvalue weighted by Crippen LogP contribution is 2.43. The SMILES string of the molecule is O=C(NCc1ccnc(N2CCCC2)c1)[C@@]12CCCC[C@H]1CNC2. The minimum Gasteiger partial charge on any atom is -0.357 e. The molecule has 0 spiro atoms. The molecule has 0 aromatic carbocycles. The maximum atomic E-state index is 12.9. The van der Waals surface area contributed by atoms with Gasteiger partial charge in [-0.15, -0.1) is 0 Å². The number of carbonyl (C=O) groups excluding carboxylic acids is 1. The predicted octanol–water partition coefficient (Wildman–Crippen LogP) is 2.08. The number of pyridine rings is 1. The van der Waals surface area contributed by atoms with Crippen molar-refractivity contribution in [2.75, 3.05) is 31.1 Å². The first-order valence-corrected chi connectivity index (χ1v) is 9.47. The summed E-state index contributed by atoms with van der Waals surface area (Å²) in [6.45, 7) is 4.65. The van der Waals surface area contributed by atoms with Crippen LogP contribution >= 0.6 is 0 Å². The topological polar surface area (TPSA) is 57.3 Å². The number of hydrogen-bond acceptors (Lipinski definition) is 4. The molecule has 2 aliphatic heterocycles. The molecule has 130 valence electrons. The van der Waals surface area contributed by atoms with Crippen LogP contribution in [-0.4, -0.2) is 37.1 Å². The van der Waals surface area contributed by atoms with Crippen molar-refractivity contribution in [3.8, 4) is 0 Å². The van der Waals surface area contributed by atoms with Gasteiger partial charge in [-0.05, 0) is 55.8 Å². The molecule has 0 bridgehead atoms. The minimum absolute atomic E-state index is 0.164. The molecule has 3 fully saturated rings. The van der Waals surface area contributed by atoms with Gasteiger partial charge in [0, 0.05) is 32.4 Å². The summed E-state index contributed by atoms with van der Waals surface area (Å²) in [7, 11) is 0. The molecule has 24 heavy (non-hydrogen) atoms. The standard InChI is InChI=1S/C19H28N4O/c24-18(19-7-2-1-5-16(19)13-20-14-19)22-12-15-6-8-21-17(11-15)23-9-3-4-10-23/h6,8,11,16,20H,1-5,7,9-10,12-14H2,(H,22,24)/t16-,19+/m0/s1. The molecule has 1 aliphatic carbocycles. The quantitative estimate of drug-likeness (QED) is 0.888. The Labute approximate surface area is 144 Å². The van der Waals surface area contributed by atoms with Gasteiger partial charge in [0.05, 0.1) is 5.41 Å². The molecule has 3 aliphatic rings. The van der Waals surface area contributed by atoms with Gasteiger partial charge in [-0.1, -0.05) is 12.8 Å². The van der Waals surface area contributed by atoms with E-state index in [1.54, 1.807) is 0 Å². The molecular weight excluding hydrogens is 300 g/mol. The van der Waals surface area contributed by atoms with E-state index in [1.165, 1.54) is 32.1 Å². The molecule has 1 amide bonds. The third kappa shape index (κ3) is 2.90. The van der Waals surface area contributed by atoms with Gasteiger partial charge in [0.2, 0.25) is 5.91 Å². The van der Waals surface area contributed by atoms with Crippen LogP contribution < -0.4 is 15.5 Å². The number of fused-ring (bicyclic) bond motifs is 1. The Balaban J connectivity index is 1.41. The number of amides is 1. The average molecular weight is 328 g/mol. The van der Waals surface area contributed by atoms with Crippen molar-refractivity contribution in [3.05, 3.63) is 23.9 Å². The summed E-state index contributed by atoms with van der Waals surface area (Å²) in [6, 6.07) is 4.15. The Hall–Kier alpha value is -1.62. The Morgan fingerprint density at radius 3 is 3.08 bits per heavy atom. The summed E-state index contributed by atoms with van der Waals surface area (Å²) in [5.41, 5.74) is 0.984. The molecule has 2 N–H and O–H groups in total. The lowest BCUT2D eigenvalue weighted by atomic mass is 9.67. The van der Waals surface area contributed by atoms with Crippen molar-refractivity contribution in [1.29, 1.82) is 0 Å². The minimum atomic E-state index is -0.164. The van der Waals surface area contributed by atoms with Crippen molar-refractivity contribution >= 4 is 11.7 Å². The third-order valence-corrected chi connectivity index (χ3v) is 6.18. The van der Waals surface area contributed by atoms with Crippen LogP contribution in [0.2, 0.25) is 0 Å². The normalized spacial score (nSPS) is 29.5. The van der Waals surface area contributed by atoms with Gasteiger partial charge in [-0.2, -0.15) is 0 Å². The first-order chi connectivity index (χ1) is 11.8. The number of carbonyl (C=O) groups is 1. The van der Waals surface area contributed by atoms with Crippen LogP contribution in [-0.2, 0) is 11.3 Å². The first-order valence-electron chi connectivity index (χ1n) is 9.47. The van der Waals surface area contributed by atoms with E-state index < -0.39 is 0 Å². The fourth-order valence-electron chi connectivity index (χ4n) is 4.74. The molecule has 4 rings (SSSR count). The third-order valence-electron chi connectivity index (χ3n) is 6.18. The van der Waals surface area contributed by atoms with E-state index in [-0.39, 0.29) is 11.3 Å². The van der Waals surface area contributed by atoms with Crippen LogP contribution in [0, 0.1) is 11.3 Å². The van der Waals surface area contributed by atoms with E-state index in [2.05, 4.69) is 26.6 Å². The van der Waals surface area contributed by atoms with Crippen LogP contribution in [0.3, 0.4) is 0 Å². The molecule has 1 saturated carbocycles.